The summed E-state index contributed by atoms with van der Waals surface area (Å²) in [6.45, 7) is 4.24. The summed E-state index contributed by atoms with van der Waals surface area (Å²) >= 11 is 0. The Balaban J connectivity index is 1.63. The van der Waals surface area contributed by atoms with E-state index in [4.69, 9.17) is 4.74 Å². The first-order valence-electron chi connectivity index (χ1n) is 11.4. The monoisotopic (exact) mass is 514 g/mol. The number of amides is 2. The topological polar surface area (TPSA) is 108 Å². The number of hydrogen-bond acceptors (Lipinski definition) is 7. The van der Waals surface area contributed by atoms with Gasteiger partial charge in [0, 0.05) is 25.3 Å². The van der Waals surface area contributed by atoms with Crippen molar-refractivity contribution in [3.63, 3.8) is 0 Å². The van der Waals surface area contributed by atoms with E-state index in [0.29, 0.717) is 32.1 Å². The lowest BCUT2D eigenvalue weighted by Crippen LogP contribution is -2.45. The fraction of sp³-hybridized carbons (Fsp3) is 0.280. The van der Waals surface area contributed by atoms with Crippen molar-refractivity contribution >= 4 is 40.7 Å². The molecule has 1 aliphatic heterocycles. The maximum absolute atomic E-state index is 13.8. The number of likely N-dealkylation sites (tertiary alicyclic amines) is 1. The first-order chi connectivity index (χ1) is 17.7. The smallest absolute Gasteiger partial charge is 0.421 e. The molecule has 4 rings (SSSR count). The average molecular weight is 515 g/mol. The summed E-state index contributed by atoms with van der Waals surface area (Å²) in [5.41, 5.74) is 1.07. The number of ether oxygens (including phenoxy) is 1. The van der Waals surface area contributed by atoms with Gasteiger partial charge in [-0.05, 0) is 42.2 Å². The van der Waals surface area contributed by atoms with Crippen molar-refractivity contribution in [1.82, 2.24) is 14.9 Å². The quantitative estimate of drug-likeness (QED) is 0.448. The van der Waals surface area contributed by atoms with Gasteiger partial charge < -0.3 is 25.6 Å². The molecule has 1 aromatic carbocycles. The van der Waals surface area contributed by atoms with Crippen molar-refractivity contribution < 1.29 is 27.5 Å². The Labute approximate surface area is 211 Å². The van der Waals surface area contributed by atoms with Crippen molar-refractivity contribution in [1.29, 1.82) is 0 Å². The lowest BCUT2D eigenvalue weighted by molar-refractivity contribution is -0.137. The van der Waals surface area contributed by atoms with Gasteiger partial charge >= 0.3 is 12.3 Å². The van der Waals surface area contributed by atoms with Gasteiger partial charge in [0.15, 0.2) is 0 Å². The Kier molecular flexibility index (Phi) is 7.46. The summed E-state index contributed by atoms with van der Waals surface area (Å²) < 4.78 is 46.2. The zero-order valence-electron chi connectivity index (χ0n) is 19.9. The lowest BCUT2D eigenvalue weighted by atomic mass is 9.98. The van der Waals surface area contributed by atoms with Crippen molar-refractivity contribution in [2.75, 3.05) is 36.1 Å². The molecule has 1 aliphatic carbocycles. The molecule has 2 heterocycles. The SMILES string of the molecule is C=CC(=O)Nc1cc(C2=CC=C2)ccc1Nc1nc(N[C@H]2CCCN(C(=O)OC)C2)ncc1C(F)(F)F. The van der Waals surface area contributed by atoms with Crippen LogP contribution in [0, 0.1) is 0 Å². The Hall–Kier alpha value is -4.35. The predicted octanol–water partition coefficient (Wildman–Crippen LogP) is 4.96. The summed E-state index contributed by atoms with van der Waals surface area (Å²) in [5.74, 6) is -1.05. The third-order valence-electron chi connectivity index (χ3n) is 5.88. The van der Waals surface area contributed by atoms with Gasteiger partial charge in [-0.3, -0.25) is 4.79 Å². The predicted molar refractivity (Wildman–Crippen MR) is 133 cm³/mol. The van der Waals surface area contributed by atoms with Gasteiger partial charge in [-0.1, -0.05) is 30.9 Å². The number of nitrogens with zero attached hydrogens (tertiary/aromatic N) is 3. The Morgan fingerprint density at radius 2 is 2.05 bits per heavy atom. The molecule has 1 aromatic heterocycles. The van der Waals surface area contributed by atoms with Crippen LogP contribution in [0.4, 0.5) is 41.1 Å². The molecule has 0 unspecified atom stereocenters. The lowest BCUT2D eigenvalue weighted by Gasteiger charge is -2.32. The normalized spacial score (nSPS) is 16.8. The van der Waals surface area contributed by atoms with Crippen LogP contribution in [0.25, 0.3) is 5.57 Å². The van der Waals surface area contributed by atoms with Crippen LogP contribution in [0.1, 0.15) is 24.0 Å². The van der Waals surface area contributed by atoms with E-state index in [1.54, 1.807) is 18.2 Å². The summed E-state index contributed by atoms with van der Waals surface area (Å²) in [4.78, 5) is 33.3. The molecule has 0 radical (unpaired) electrons. The van der Waals surface area contributed by atoms with E-state index in [0.717, 1.165) is 17.2 Å². The number of piperidine rings is 1. The number of anilines is 4. The maximum Gasteiger partial charge on any atom is 0.421 e. The molecular weight excluding hydrogens is 489 g/mol. The summed E-state index contributed by atoms with van der Waals surface area (Å²) in [7, 11) is 1.29. The minimum absolute atomic E-state index is 0.0368. The molecule has 0 saturated carbocycles. The van der Waals surface area contributed by atoms with E-state index in [1.165, 1.54) is 12.0 Å². The van der Waals surface area contributed by atoms with Crippen LogP contribution in [0.5, 0.6) is 0 Å². The number of methoxy groups -OCH3 is 1. The first kappa shape index (κ1) is 25.7. The van der Waals surface area contributed by atoms with E-state index >= 15 is 0 Å². The van der Waals surface area contributed by atoms with Gasteiger partial charge in [0.25, 0.3) is 0 Å². The van der Waals surface area contributed by atoms with Crippen LogP contribution in [0.15, 0.2) is 55.3 Å². The van der Waals surface area contributed by atoms with Gasteiger partial charge in [0.05, 0.1) is 18.5 Å². The molecule has 37 heavy (non-hydrogen) atoms. The highest BCUT2D eigenvalue weighted by Crippen LogP contribution is 2.37. The standard InChI is InChI=1S/C25H25F3N6O3/c1-3-21(35)31-20-12-16(15-6-4-7-15)9-10-19(20)32-22-18(25(26,27)28)13-29-23(33-22)30-17-8-5-11-34(14-17)24(36)37-2/h3-4,6-7,9-10,12-13,17H,1,5,8,11,14H2,2H3,(H,31,35)(H2,29,30,32,33)/t17-/m0/s1. The zero-order chi connectivity index (χ0) is 26.6. The third-order valence-corrected chi connectivity index (χ3v) is 5.88. The molecule has 2 amide bonds. The molecule has 2 aliphatic rings. The number of halogens is 3. The number of carbonyl (C=O) groups excluding carboxylic acids is 2. The van der Waals surface area contributed by atoms with E-state index < -0.39 is 29.6 Å². The van der Waals surface area contributed by atoms with Gasteiger partial charge in [0.2, 0.25) is 11.9 Å². The molecular formula is C25H25F3N6O3. The molecule has 0 bridgehead atoms. The molecule has 9 nitrogen and oxygen atoms in total. The minimum atomic E-state index is -4.74. The third kappa shape index (κ3) is 6.08. The fourth-order valence-corrected chi connectivity index (χ4v) is 3.96. The number of aromatic nitrogens is 2. The number of allylic oxidation sites excluding steroid dienone is 4. The second-order valence-electron chi connectivity index (χ2n) is 8.41. The van der Waals surface area contributed by atoms with Crippen molar-refractivity contribution in [3.05, 3.63) is 66.4 Å². The van der Waals surface area contributed by atoms with Gasteiger partial charge in [-0.2, -0.15) is 18.2 Å². The maximum atomic E-state index is 13.8. The molecule has 1 atom stereocenters. The molecule has 0 spiro atoms. The molecule has 2 aromatic rings. The van der Waals surface area contributed by atoms with Crippen LogP contribution >= 0.6 is 0 Å². The van der Waals surface area contributed by atoms with Crippen LogP contribution in [-0.4, -0.2) is 53.1 Å². The minimum Gasteiger partial charge on any atom is -0.453 e. The van der Waals surface area contributed by atoms with E-state index in [9.17, 15) is 22.8 Å². The van der Waals surface area contributed by atoms with Crippen molar-refractivity contribution in [2.24, 2.45) is 0 Å². The Bertz CT molecular complexity index is 1270. The number of rotatable bonds is 7. The highest BCUT2D eigenvalue weighted by Gasteiger charge is 2.36. The Morgan fingerprint density at radius 1 is 1.27 bits per heavy atom. The van der Waals surface area contributed by atoms with Gasteiger partial charge in [0.1, 0.15) is 11.4 Å². The fourth-order valence-electron chi connectivity index (χ4n) is 3.96. The number of alkyl halides is 3. The summed E-state index contributed by atoms with van der Waals surface area (Å²) in [6, 6.07) is 4.66. The van der Waals surface area contributed by atoms with Crippen LogP contribution in [0.2, 0.25) is 0 Å². The number of hydrogen-bond donors (Lipinski definition) is 3. The number of nitrogens with one attached hydrogen (secondary N) is 3. The largest absolute Gasteiger partial charge is 0.453 e. The average Bonchev–Trinajstić information content (AvgIpc) is 2.83. The molecule has 1 fully saturated rings. The summed E-state index contributed by atoms with van der Waals surface area (Å²) in [5, 5.41) is 8.35. The molecule has 3 N–H and O–H groups in total. The molecule has 1 saturated heterocycles. The Morgan fingerprint density at radius 3 is 2.70 bits per heavy atom. The first-order valence-corrected chi connectivity index (χ1v) is 11.4. The van der Waals surface area contributed by atoms with Crippen molar-refractivity contribution in [3.8, 4) is 0 Å². The van der Waals surface area contributed by atoms with Crippen LogP contribution < -0.4 is 16.0 Å². The second kappa shape index (κ2) is 10.7. The van der Waals surface area contributed by atoms with E-state index in [-0.39, 0.29) is 23.4 Å². The van der Waals surface area contributed by atoms with Crippen molar-refractivity contribution in [2.45, 2.75) is 25.1 Å². The summed E-state index contributed by atoms with van der Waals surface area (Å²) in [6.07, 6.45) is 3.50. The van der Waals surface area contributed by atoms with Gasteiger partial charge in [-0.25, -0.2) is 9.78 Å². The highest BCUT2D eigenvalue weighted by atomic mass is 19.4. The van der Waals surface area contributed by atoms with Gasteiger partial charge in [-0.15, -0.1) is 0 Å². The molecule has 12 heteroatoms. The highest BCUT2D eigenvalue weighted by molar-refractivity contribution is 6.02. The number of carbonyl (C=O) groups is 2. The van der Waals surface area contributed by atoms with Crippen LogP contribution in [0.3, 0.4) is 0 Å². The van der Waals surface area contributed by atoms with E-state index in [2.05, 4.69) is 32.5 Å². The van der Waals surface area contributed by atoms with E-state index in [1.807, 2.05) is 18.2 Å². The van der Waals surface area contributed by atoms with Crippen LogP contribution in [-0.2, 0) is 15.7 Å². The zero-order valence-corrected chi connectivity index (χ0v) is 19.9. The molecule has 194 valence electrons. The number of benzene rings is 1. The second-order valence-corrected chi connectivity index (χ2v) is 8.41.